The maximum Gasteiger partial charge on any atom is 0.306 e. The zero-order valence-corrected chi connectivity index (χ0v) is 62.9. The first-order valence-electron chi connectivity index (χ1n) is 36.6. The summed E-state index contributed by atoms with van der Waals surface area (Å²) in [6, 6.07) is 70.9. The van der Waals surface area contributed by atoms with Gasteiger partial charge < -0.3 is 81.0 Å². The second-order valence-corrected chi connectivity index (χ2v) is 32.5. The van der Waals surface area contributed by atoms with E-state index in [2.05, 4.69) is 10.0 Å². The number of esters is 3. The Hall–Kier alpha value is -9.31. The van der Waals surface area contributed by atoms with Crippen LogP contribution < -0.4 is 10.4 Å². The third-order valence-corrected chi connectivity index (χ3v) is 24.3. The maximum absolute atomic E-state index is 14.3. The number of hydrogen-bond donors (Lipinski definition) is 2. The highest BCUT2D eigenvalue weighted by Crippen LogP contribution is 2.44. The molecule has 0 aromatic heterocycles. The van der Waals surface area contributed by atoms with Crippen molar-refractivity contribution in [3.8, 4) is 5.75 Å². The molecule has 0 bridgehead atoms. The minimum absolute atomic E-state index is 0.00148. The van der Waals surface area contributed by atoms with Crippen LogP contribution in [0.2, 0.25) is 5.04 Å². The van der Waals surface area contributed by atoms with Gasteiger partial charge in [-0.1, -0.05) is 250 Å². The molecular weight excluding hydrogens is 1410 g/mol. The number of phenols is 1. The Bertz CT molecular complexity index is 4130. The van der Waals surface area contributed by atoms with E-state index in [-0.39, 0.29) is 70.6 Å². The largest absolute Gasteiger partial charge is 0.508 e. The molecule has 2 heterocycles. The fourth-order valence-corrected chi connectivity index (χ4v) is 18.9. The van der Waals surface area contributed by atoms with Crippen LogP contribution in [0.1, 0.15) is 87.8 Å². The number of aromatic hydroxyl groups is 1. The van der Waals surface area contributed by atoms with Crippen molar-refractivity contribution >= 4 is 42.4 Å². The van der Waals surface area contributed by atoms with Gasteiger partial charge in [0.05, 0.1) is 59.3 Å². The fourth-order valence-electron chi connectivity index (χ4n) is 14.2. The molecule has 8 aromatic carbocycles. The monoisotopic (exact) mass is 1510 g/mol. The summed E-state index contributed by atoms with van der Waals surface area (Å²) in [5.41, 5.74) is 15.5. The van der Waals surface area contributed by atoms with Gasteiger partial charge in [-0.2, -0.15) is 0 Å². The predicted molar refractivity (Wildman–Crippen MR) is 403 cm³/mol. The summed E-state index contributed by atoms with van der Waals surface area (Å²) in [5, 5.41) is 27.6. The van der Waals surface area contributed by atoms with Crippen LogP contribution in [0, 0.1) is 0 Å². The van der Waals surface area contributed by atoms with Crippen molar-refractivity contribution in [3.05, 3.63) is 280 Å². The average Bonchev–Trinajstić information content (AvgIpc) is 0.731. The highest BCUT2D eigenvalue weighted by molar-refractivity contribution is 6.99. The van der Waals surface area contributed by atoms with Crippen molar-refractivity contribution in [1.82, 2.24) is 0 Å². The molecule has 16 atom stereocenters. The molecule has 0 unspecified atom stereocenters. The Morgan fingerprint density at radius 3 is 1.25 bits per heavy atom. The van der Waals surface area contributed by atoms with E-state index in [9.17, 15) is 34.9 Å². The lowest BCUT2D eigenvalue weighted by molar-refractivity contribution is -0.365. The summed E-state index contributed by atoms with van der Waals surface area (Å²) >= 11 is 0. The topological polar surface area (TPSA) is 287 Å². The van der Waals surface area contributed by atoms with Crippen molar-refractivity contribution in [2.45, 2.75) is 197 Å². The van der Waals surface area contributed by atoms with Crippen molar-refractivity contribution in [1.29, 1.82) is 0 Å². The number of aliphatic hydroxyl groups is 1. The molecule has 1 aliphatic carbocycles. The molecule has 24 heteroatoms. The summed E-state index contributed by atoms with van der Waals surface area (Å²) in [6.45, 7) is 8.47. The Morgan fingerprint density at radius 2 is 0.817 bits per heavy atom. The lowest BCUT2D eigenvalue weighted by Crippen LogP contribution is -2.73. The highest BCUT2D eigenvalue weighted by atomic mass is 28.4. The smallest absolute Gasteiger partial charge is 0.306 e. The number of ether oxygens (including phenoxy) is 13. The van der Waals surface area contributed by atoms with Crippen LogP contribution in [0.5, 0.6) is 5.75 Å². The fraction of sp³-hybridized carbons (Fsp3) is 0.388. The van der Waals surface area contributed by atoms with Crippen LogP contribution in [0.25, 0.3) is 10.4 Å². The van der Waals surface area contributed by atoms with Crippen molar-refractivity contribution in [2.75, 3.05) is 13.2 Å². The summed E-state index contributed by atoms with van der Waals surface area (Å²) in [4.78, 5) is 58.4. The third kappa shape index (κ3) is 21.4. The number of carbonyl (C=O) groups excluding carboxylic acids is 4. The molecule has 0 amide bonds. The first kappa shape index (κ1) is 80.7. The van der Waals surface area contributed by atoms with Crippen LogP contribution in [-0.4, -0.2) is 153 Å². The lowest BCUT2D eigenvalue weighted by Gasteiger charge is -2.53. The molecule has 11 rings (SSSR count). The number of phenolic OH excluding ortho intramolecular Hbond substituents is 1. The SMILES string of the molecule is CC(=O)CCC(=O)O[C@H]1[C@H](O[Si](c2ccccc2)(c2ccccc2)C(C)(C)C)[C@H](OC(C)=O)[C@@H](O[C@H]2[C@H](OCc3ccccc3)[C@H](N=[N+]=[N-])[C@@H](O[C@H]3[C@H](OCc4ccc(O)cc4)[C@H](OC(C)=O)[C@H](OCc4ccccc4)[C@@H](OCc4ccccc4)[C@@H]3OCc3ccccc3)O[C@@H]2COCc2ccccc2)O[C@@H]1CO. The molecule has 3 aliphatic rings. The number of rotatable bonds is 35. The Balaban J connectivity index is 1.08. The first-order valence-corrected chi connectivity index (χ1v) is 38.5. The van der Waals surface area contributed by atoms with Crippen LogP contribution in [0.3, 0.4) is 0 Å². The molecular formula is C85H95N3O20Si. The second kappa shape index (κ2) is 39.4. The molecule has 0 radical (unpaired) electrons. The standard InChI is InChI=1S/C85H95N3O20Si/c1-56(90)42-47-70(94)105-72-68(48-89)103-84(82(102-58(3)92)81(72)108-109(85(4,5)6,66-38-24-12-25-39-66)67-40-26-13-27-41-67)106-73-69(55-95-49-59-28-14-7-15-29-59)104-83(71(87-88-86)74(73)96-50-60-30-16-8-17-31-60)107-80-77(99-53-63-36-22-11-23-37-63)75(97-51-61-32-18-9-19-33-61)76(98-52-62-34-20-10-21-35-62)79(101-57(2)91)78(80)100-54-64-43-45-65(93)46-44-64/h7-41,43-46,68-69,71-84,89,93H,42,47-55H2,1-6H3/t68-,69-,71+,72-,73-,74-,75-,76-,77+,78-,79-,80-,81+,82+,83-,84-/m1/s1. The van der Waals surface area contributed by atoms with Gasteiger partial charge in [0.25, 0.3) is 8.32 Å². The number of benzene rings is 8. The molecule has 109 heavy (non-hydrogen) atoms. The van der Waals surface area contributed by atoms with E-state index >= 15 is 0 Å². The molecule has 574 valence electrons. The zero-order chi connectivity index (χ0) is 76.7. The minimum atomic E-state index is -3.84. The highest BCUT2D eigenvalue weighted by Gasteiger charge is 2.62. The van der Waals surface area contributed by atoms with Gasteiger partial charge in [-0.25, -0.2) is 0 Å². The normalized spacial score (nSPS) is 24.9. The quantitative estimate of drug-likeness (QED) is 0.00932. The van der Waals surface area contributed by atoms with Gasteiger partial charge in [-0.15, -0.1) is 0 Å². The lowest BCUT2D eigenvalue weighted by atomic mass is 9.83. The number of hydrogen-bond acceptors (Lipinski definition) is 21. The van der Waals surface area contributed by atoms with Crippen LogP contribution in [0.15, 0.2) is 242 Å². The molecule has 3 fully saturated rings. The third-order valence-electron chi connectivity index (χ3n) is 19.3. The Kier molecular flexibility index (Phi) is 29.1. The summed E-state index contributed by atoms with van der Waals surface area (Å²) < 4.78 is 98.9. The average molecular weight is 1510 g/mol. The van der Waals surface area contributed by atoms with E-state index in [0.717, 1.165) is 32.6 Å². The molecule has 0 spiro atoms. The van der Waals surface area contributed by atoms with Gasteiger partial charge in [0.2, 0.25) is 0 Å². The van der Waals surface area contributed by atoms with Crippen LogP contribution in [0.4, 0.5) is 0 Å². The molecule has 2 saturated heterocycles. The van der Waals surface area contributed by atoms with Gasteiger partial charge in [0, 0.05) is 25.2 Å². The van der Waals surface area contributed by atoms with Crippen LogP contribution >= 0.6 is 0 Å². The molecule has 1 saturated carbocycles. The first-order chi connectivity index (χ1) is 52.9. The summed E-state index contributed by atoms with van der Waals surface area (Å²) in [6.07, 6.45) is -22.4. The van der Waals surface area contributed by atoms with Crippen molar-refractivity contribution in [3.63, 3.8) is 0 Å². The molecule has 2 aliphatic heterocycles. The van der Waals surface area contributed by atoms with Gasteiger partial charge in [0.15, 0.2) is 30.9 Å². The van der Waals surface area contributed by atoms with Gasteiger partial charge >= 0.3 is 17.9 Å². The molecule has 8 aromatic rings. The number of aliphatic hydroxyl groups excluding tert-OH is 1. The number of carbonyl (C=O) groups is 4. The van der Waals surface area contributed by atoms with Crippen LogP contribution in [-0.2, 0) is 125 Å². The number of Topliss-reactive ketones (excluding diaryl/α,β-unsaturated/α-hetero) is 1. The number of ketones is 1. The van der Waals surface area contributed by atoms with E-state index in [1.165, 1.54) is 32.9 Å². The summed E-state index contributed by atoms with van der Waals surface area (Å²) in [7, 11) is -3.84. The Labute approximate surface area is 636 Å². The zero-order valence-electron chi connectivity index (χ0n) is 61.9. The molecule has 2 N–H and O–H groups in total. The number of nitrogens with zero attached hydrogens (tertiary/aromatic N) is 3. The molecule has 23 nitrogen and oxygen atoms in total. The van der Waals surface area contributed by atoms with Crippen molar-refractivity contribution < 1.29 is 95.4 Å². The summed E-state index contributed by atoms with van der Waals surface area (Å²) in [5.74, 6) is -2.62. The Morgan fingerprint density at radius 1 is 0.431 bits per heavy atom. The van der Waals surface area contributed by atoms with E-state index < -0.39 is 136 Å². The second-order valence-electron chi connectivity index (χ2n) is 28.2. The van der Waals surface area contributed by atoms with E-state index in [1.54, 1.807) is 12.1 Å². The minimum Gasteiger partial charge on any atom is -0.508 e. The van der Waals surface area contributed by atoms with Gasteiger partial charge in [0.1, 0.15) is 78.6 Å². The van der Waals surface area contributed by atoms with E-state index in [0.29, 0.717) is 11.1 Å². The van der Waals surface area contributed by atoms with Crippen molar-refractivity contribution in [2.24, 2.45) is 5.11 Å². The number of azide groups is 1. The maximum atomic E-state index is 14.3. The predicted octanol–water partition coefficient (Wildman–Crippen LogP) is 11.8. The van der Waals surface area contributed by atoms with Gasteiger partial charge in [-0.05, 0) is 73.4 Å². The van der Waals surface area contributed by atoms with E-state index in [1.807, 2.05) is 233 Å². The van der Waals surface area contributed by atoms with E-state index in [4.69, 9.17) is 66.0 Å². The van der Waals surface area contributed by atoms with Gasteiger partial charge in [-0.3, -0.25) is 14.4 Å².